The van der Waals surface area contributed by atoms with Crippen LogP contribution >= 0.6 is 0 Å². The number of aliphatic imine (C=N–C) groups is 1. The standard InChI is InChI=1S/C20H22F3N5O3/c1-25-19(24)27-18(29)15-8-13-14(20(21,22)23)6-7-16(17(13)26-15)30-10-12-5-4-11(31-12)9-28(2)3/h4-8,26H,9-10H2,1-3H3,(H3,24,25,27,29). The number of fused-ring (bicyclic) bond motifs is 1. The van der Waals surface area contributed by atoms with Crippen molar-refractivity contribution in [1.29, 1.82) is 0 Å². The molecule has 0 unspecified atom stereocenters. The van der Waals surface area contributed by atoms with Crippen LogP contribution in [0, 0.1) is 0 Å². The van der Waals surface area contributed by atoms with Crippen LogP contribution in [-0.2, 0) is 19.3 Å². The maximum absolute atomic E-state index is 13.5. The molecule has 8 nitrogen and oxygen atoms in total. The van der Waals surface area contributed by atoms with Crippen molar-refractivity contribution < 1.29 is 27.1 Å². The quantitative estimate of drug-likeness (QED) is 0.404. The van der Waals surface area contributed by atoms with Crippen LogP contribution in [0.5, 0.6) is 5.75 Å². The van der Waals surface area contributed by atoms with E-state index in [0.717, 1.165) is 17.9 Å². The summed E-state index contributed by atoms with van der Waals surface area (Å²) in [6.07, 6.45) is -4.62. The predicted octanol–water partition coefficient (Wildman–Crippen LogP) is 3.09. The molecule has 1 amide bonds. The van der Waals surface area contributed by atoms with E-state index in [0.29, 0.717) is 12.3 Å². The third kappa shape index (κ3) is 5.18. The molecule has 0 aliphatic rings. The largest absolute Gasteiger partial charge is 0.483 e. The molecule has 11 heteroatoms. The van der Waals surface area contributed by atoms with Gasteiger partial charge in [-0.05, 0) is 44.4 Å². The second kappa shape index (κ2) is 8.72. The van der Waals surface area contributed by atoms with Gasteiger partial charge in [-0.25, -0.2) is 0 Å². The molecule has 0 saturated heterocycles. The summed E-state index contributed by atoms with van der Waals surface area (Å²) in [7, 11) is 5.26. The Labute approximate surface area is 175 Å². The van der Waals surface area contributed by atoms with Crippen LogP contribution in [0.1, 0.15) is 27.6 Å². The van der Waals surface area contributed by atoms with Gasteiger partial charge in [0.05, 0.1) is 17.6 Å². The Morgan fingerprint density at radius 3 is 2.61 bits per heavy atom. The van der Waals surface area contributed by atoms with Crippen LogP contribution in [0.4, 0.5) is 13.2 Å². The number of rotatable bonds is 6. The first-order chi connectivity index (χ1) is 14.6. The molecule has 31 heavy (non-hydrogen) atoms. The zero-order valence-corrected chi connectivity index (χ0v) is 17.1. The molecule has 0 atom stereocenters. The summed E-state index contributed by atoms with van der Waals surface area (Å²) < 4.78 is 51.8. The molecule has 0 aliphatic carbocycles. The Hall–Kier alpha value is -3.47. The van der Waals surface area contributed by atoms with E-state index in [1.165, 1.54) is 13.1 Å². The minimum atomic E-state index is -4.62. The first-order valence-electron chi connectivity index (χ1n) is 9.22. The molecule has 0 aliphatic heterocycles. The smallest absolute Gasteiger partial charge is 0.417 e. The molecule has 1 aromatic carbocycles. The molecule has 0 bridgehead atoms. The fourth-order valence-electron chi connectivity index (χ4n) is 2.95. The Morgan fingerprint density at radius 2 is 1.97 bits per heavy atom. The van der Waals surface area contributed by atoms with Gasteiger partial charge >= 0.3 is 6.18 Å². The zero-order chi connectivity index (χ0) is 22.8. The summed E-state index contributed by atoms with van der Waals surface area (Å²) in [6.45, 7) is 0.601. The van der Waals surface area contributed by atoms with Crippen molar-refractivity contribution in [1.82, 2.24) is 15.2 Å². The van der Waals surface area contributed by atoms with Gasteiger partial charge in [-0.1, -0.05) is 0 Å². The van der Waals surface area contributed by atoms with Gasteiger partial charge in [0, 0.05) is 12.4 Å². The number of aromatic amines is 1. The lowest BCUT2D eigenvalue weighted by molar-refractivity contribution is -0.136. The molecular weight excluding hydrogens is 415 g/mol. The molecular formula is C20H22F3N5O3. The zero-order valence-electron chi connectivity index (χ0n) is 17.1. The van der Waals surface area contributed by atoms with Gasteiger partial charge in [0.2, 0.25) is 0 Å². The van der Waals surface area contributed by atoms with Crippen LogP contribution < -0.4 is 15.8 Å². The Kier molecular flexibility index (Phi) is 6.25. The van der Waals surface area contributed by atoms with E-state index in [1.807, 2.05) is 19.0 Å². The predicted molar refractivity (Wildman–Crippen MR) is 109 cm³/mol. The van der Waals surface area contributed by atoms with Gasteiger partial charge in [0.1, 0.15) is 29.6 Å². The van der Waals surface area contributed by atoms with Crippen LogP contribution in [0.3, 0.4) is 0 Å². The molecule has 0 radical (unpaired) electrons. The van der Waals surface area contributed by atoms with Crippen LogP contribution in [0.2, 0.25) is 0 Å². The highest BCUT2D eigenvalue weighted by atomic mass is 19.4. The van der Waals surface area contributed by atoms with E-state index < -0.39 is 17.6 Å². The number of carbonyl (C=O) groups is 1. The second-order valence-corrected chi connectivity index (χ2v) is 7.03. The van der Waals surface area contributed by atoms with Gasteiger partial charge in [-0.15, -0.1) is 0 Å². The minimum Gasteiger partial charge on any atom is -0.483 e. The van der Waals surface area contributed by atoms with E-state index in [1.54, 1.807) is 12.1 Å². The van der Waals surface area contributed by atoms with E-state index in [2.05, 4.69) is 15.3 Å². The van der Waals surface area contributed by atoms with Crippen molar-refractivity contribution in [3.05, 3.63) is 53.1 Å². The normalized spacial score (nSPS) is 12.5. The number of guanidine groups is 1. The van der Waals surface area contributed by atoms with Gasteiger partial charge in [-0.3, -0.25) is 4.79 Å². The maximum atomic E-state index is 13.5. The molecule has 166 valence electrons. The van der Waals surface area contributed by atoms with Gasteiger partial charge in [0.25, 0.3) is 5.91 Å². The summed E-state index contributed by atoms with van der Waals surface area (Å²) >= 11 is 0. The molecule has 3 rings (SSSR count). The SMILES string of the molecule is CNC(N)=NC(=O)c1cc2c(C(F)(F)F)ccc(OCc3ccc(CN(C)C)o3)c2[nH]1. The van der Waals surface area contributed by atoms with Gasteiger partial charge < -0.3 is 30.1 Å². The minimum absolute atomic E-state index is 0.00104. The lowest BCUT2D eigenvalue weighted by Gasteiger charge is -2.11. The Morgan fingerprint density at radius 1 is 1.26 bits per heavy atom. The third-order valence-electron chi connectivity index (χ3n) is 4.33. The van der Waals surface area contributed by atoms with E-state index >= 15 is 0 Å². The maximum Gasteiger partial charge on any atom is 0.417 e. The molecule has 4 N–H and O–H groups in total. The molecule has 2 aromatic heterocycles. The number of H-pyrrole nitrogens is 1. The number of nitrogens with zero attached hydrogens (tertiary/aromatic N) is 2. The monoisotopic (exact) mass is 437 g/mol. The van der Waals surface area contributed by atoms with Crippen molar-refractivity contribution in [2.24, 2.45) is 10.7 Å². The lowest BCUT2D eigenvalue weighted by atomic mass is 10.1. The van der Waals surface area contributed by atoms with Crippen LogP contribution in [-0.4, -0.2) is 42.9 Å². The number of alkyl halides is 3. The number of carbonyl (C=O) groups excluding carboxylic acids is 1. The van der Waals surface area contributed by atoms with E-state index in [9.17, 15) is 18.0 Å². The number of furan rings is 1. The third-order valence-corrected chi connectivity index (χ3v) is 4.33. The average molecular weight is 437 g/mol. The summed E-state index contributed by atoms with van der Waals surface area (Å²) in [5, 5.41) is 2.26. The van der Waals surface area contributed by atoms with E-state index in [4.69, 9.17) is 14.9 Å². The number of aromatic nitrogens is 1. The Bertz CT molecular complexity index is 1120. The molecule has 0 saturated carbocycles. The molecule has 0 fully saturated rings. The number of hydrogen-bond donors (Lipinski definition) is 3. The summed E-state index contributed by atoms with van der Waals surface area (Å²) in [6, 6.07) is 6.73. The molecule has 3 aromatic rings. The Balaban J connectivity index is 1.94. The number of nitrogens with two attached hydrogens (primary N) is 1. The summed E-state index contributed by atoms with van der Waals surface area (Å²) in [4.78, 5) is 20.4. The van der Waals surface area contributed by atoms with Crippen LogP contribution in [0.25, 0.3) is 10.9 Å². The van der Waals surface area contributed by atoms with Crippen molar-refractivity contribution >= 4 is 22.8 Å². The number of benzene rings is 1. The van der Waals surface area contributed by atoms with Gasteiger partial charge in [-0.2, -0.15) is 18.2 Å². The van der Waals surface area contributed by atoms with E-state index in [-0.39, 0.29) is 34.9 Å². The number of hydrogen-bond acceptors (Lipinski definition) is 4. The summed E-state index contributed by atoms with van der Waals surface area (Å²) in [5.41, 5.74) is 4.44. The van der Waals surface area contributed by atoms with Crippen molar-refractivity contribution in [3.8, 4) is 5.75 Å². The highest BCUT2D eigenvalue weighted by Gasteiger charge is 2.34. The first kappa shape index (κ1) is 22.2. The van der Waals surface area contributed by atoms with Crippen molar-refractivity contribution in [2.75, 3.05) is 21.1 Å². The topological polar surface area (TPSA) is 109 Å². The van der Waals surface area contributed by atoms with Crippen molar-refractivity contribution in [2.45, 2.75) is 19.3 Å². The second-order valence-electron chi connectivity index (χ2n) is 7.03. The number of halogens is 3. The number of ether oxygens (including phenoxy) is 1. The first-order valence-corrected chi connectivity index (χ1v) is 9.22. The molecule has 0 spiro atoms. The average Bonchev–Trinajstić information content (AvgIpc) is 3.31. The highest BCUT2D eigenvalue weighted by molar-refractivity contribution is 6.05. The number of nitrogens with one attached hydrogen (secondary N) is 2. The lowest BCUT2D eigenvalue weighted by Crippen LogP contribution is -2.28. The molecule has 2 heterocycles. The van der Waals surface area contributed by atoms with Crippen molar-refractivity contribution in [3.63, 3.8) is 0 Å². The highest BCUT2D eigenvalue weighted by Crippen LogP contribution is 2.39. The summed E-state index contributed by atoms with van der Waals surface area (Å²) in [5.74, 6) is 0.398. The fourth-order valence-corrected chi connectivity index (χ4v) is 2.95. The van der Waals surface area contributed by atoms with Crippen LogP contribution in [0.15, 0.2) is 39.7 Å². The number of amides is 1. The fraction of sp³-hybridized carbons (Fsp3) is 0.300. The van der Waals surface area contributed by atoms with Gasteiger partial charge in [0.15, 0.2) is 5.96 Å².